The van der Waals surface area contributed by atoms with Gasteiger partial charge in [0, 0.05) is 0 Å². The third kappa shape index (κ3) is 1.82. The Bertz CT molecular complexity index is 554. The minimum Gasteiger partial charge on any atom is -0.494 e. The van der Waals surface area contributed by atoms with Gasteiger partial charge in [0.1, 0.15) is 11.3 Å². The van der Waals surface area contributed by atoms with Crippen LogP contribution in [0.2, 0.25) is 0 Å². The molecule has 88 valence electrons. The van der Waals surface area contributed by atoms with Gasteiger partial charge in [-0.25, -0.2) is 9.18 Å². The van der Waals surface area contributed by atoms with E-state index in [4.69, 9.17) is 9.84 Å². The van der Waals surface area contributed by atoms with Crippen LogP contribution in [0.1, 0.15) is 10.4 Å². The van der Waals surface area contributed by atoms with E-state index in [1.165, 1.54) is 31.6 Å². The van der Waals surface area contributed by atoms with Crippen molar-refractivity contribution in [2.45, 2.75) is 0 Å². The van der Waals surface area contributed by atoms with Gasteiger partial charge in [0.05, 0.1) is 19.5 Å². The van der Waals surface area contributed by atoms with Crippen molar-refractivity contribution in [3.63, 3.8) is 0 Å². The van der Waals surface area contributed by atoms with Crippen molar-refractivity contribution in [1.82, 2.24) is 15.0 Å². The van der Waals surface area contributed by atoms with E-state index >= 15 is 0 Å². The summed E-state index contributed by atoms with van der Waals surface area (Å²) in [5.74, 6) is -2.50. The highest BCUT2D eigenvalue weighted by Crippen LogP contribution is 2.25. The molecule has 1 aromatic heterocycles. The number of ether oxygens (including phenoxy) is 1. The summed E-state index contributed by atoms with van der Waals surface area (Å²) in [4.78, 5) is 12.1. The highest BCUT2D eigenvalue weighted by atomic mass is 19.1. The lowest BCUT2D eigenvalue weighted by Gasteiger charge is -2.09. The van der Waals surface area contributed by atoms with Gasteiger partial charge < -0.3 is 9.84 Å². The van der Waals surface area contributed by atoms with E-state index in [1.54, 1.807) is 0 Å². The molecule has 2 aromatic rings. The summed E-state index contributed by atoms with van der Waals surface area (Å²) in [5, 5.41) is 16.5. The highest BCUT2D eigenvalue weighted by Gasteiger charge is 2.21. The average Bonchev–Trinajstić information content (AvgIpc) is 2.81. The van der Waals surface area contributed by atoms with Crippen molar-refractivity contribution >= 4 is 5.97 Å². The summed E-state index contributed by atoms with van der Waals surface area (Å²) in [6.45, 7) is 0. The molecule has 1 aromatic carbocycles. The number of halogens is 1. The standard InChI is InChI=1S/C10H8FN3O3/c1-17-7-3-2-6(14-12-4-5-13-14)8(9(7)11)10(15)16/h2-5H,1H3,(H,15,16). The van der Waals surface area contributed by atoms with Crippen LogP contribution in [0.5, 0.6) is 5.75 Å². The quantitative estimate of drug-likeness (QED) is 0.865. The minimum absolute atomic E-state index is 0.0424. The van der Waals surface area contributed by atoms with Gasteiger partial charge in [-0.05, 0) is 12.1 Å². The highest BCUT2D eigenvalue weighted by molar-refractivity contribution is 5.92. The maximum absolute atomic E-state index is 13.8. The first-order valence-electron chi connectivity index (χ1n) is 4.61. The van der Waals surface area contributed by atoms with Crippen molar-refractivity contribution in [2.75, 3.05) is 7.11 Å². The van der Waals surface area contributed by atoms with Crippen LogP contribution in [0.15, 0.2) is 24.5 Å². The molecule has 0 spiro atoms. The van der Waals surface area contributed by atoms with Crippen LogP contribution >= 0.6 is 0 Å². The van der Waals surface area contributed by atoms with E-state index < -0.39 is 17.3 Å². The molecular formula is C10H8FN3O3. The number of nitrogens with zero attached hydrogens (tertiary/aromatic N) is 3. The molecule has 0 bridgehead atoms. The number of carbonyl (C=O) groups is 1. The summed E-state index contributed by atoms with van der Waals surface area (Å²) in [5.41, 5.74) is -0.485. The second kappa shape index (κ2) is 4.20. The van der Waals surface area contributed by atoms with Gasteiger partial charge in [0.15, 0.2) is 11.6 Å². The van der Waals surface area contributed by atoms with E-state index in [-0.39, 0.29) is 11.4 Å². The molecule has 7 heteroatoms. The fourth-order valence-corrected chi connectivity index (χ4v) is 1.41. The first-order chi connectivity index (χ1) is 8.15. The number of rotatable bonds is 3. The number of carboxylic acid groups (broad SMARTS) is 1. The maximum Gasteiger partial charge on any atom is 0.341 e. The summed E-state index contributed by atoms with van der Waals surface area (Å²) in [6, 6.07) is 2.70. The number of aromatic nitrogens is 3. The topological polar surface area (TPSA) is 77.2 Å². The lowest BCUT2D eigenvalue weighted by atomic mass is 10.1. The van der Waals surface area contributed by atoms with Crippen molar-refractivity contribution in [1.29, 1.82) is 0 Å². The molecule has 17 heavy (non-hydrogen) atoms. The molecule has 2 rings (SSSR count). The van der Waals surface area contributed by atoms with E-state index in [1.807, 2.05) is 0 Å². The van der Waals surface area contributed by atoms with Crippen LogP contribution in [0, 0.1) is 5.82 Å². The van der Waals surface area contributed by atoms with Crippen LogP contribution in [-0.2, 0) is 0 Å². The Balaban J connectivity index is 2.69. The lowest BCUT2D eigenvalue weighted by Crippen LogP contribution is -2.11. The molecule has 0 saturated carbocycles. The second-order valence-electron chi connectivity index (χ2n) is 3.10. The molecule has 0 aliphatic carbocycles. The van der Waals surface area contributed by atoms with Crippen LogP contribution in [0.4, 0.5) is 4.39 Å². The Morgan fingerprint density at radius 3 is 2.59 bits per heavy atom. The summed E-state index contributed by atoms with van der Waals surface area (Å²) >= 11 is 0. The smallest absolute Gasteiger partial charge is 0.341 e. The molecule has 1 N–H and O–H groups in total. The maximum atomic E-state index is 13.8. The molecule has 0 saturated heterocycles. The summed E-state index contributed by atoms with van der Waals surface area (Å²) in [6.07, 6.45) is 2.74. The van der Waals surface area contributed by atoms with Gasteiger partial charge in [-0.15, -0.1) is 0 Å². The predicted molar refractivity (Wildman–Crippen MR) is 54.8 cm³/mol. The molecule has 0 aliphatic heterocycles. The van der Waals surface area contributed by atoms with Crippen LogP contribution in [-0.4, -0.2) is 33.2 Å². The first kappa shape index (κ1) is 11.1. The fraction of sp³-hybridized carbons (Fsp3) is 0.100. The molecule has 0 unspecified atom stereocenters. The van der Waals surface area contributed by atoms with Gasteiger partial charge in [0.25, 0.3) is 0 Å². The lowest BCUT2D eigenvalue weighted by molar-refractivity contribution is 0.0690. The van der Waals surface area contributed by atoms with Gasteiger partial charge in [-0.2, -0.15) is 15.0 Å². The summed E-state index contributed by atoms with van der Waals surface area (Å²) in [7, 11) is 1.26. The van der Waals surface area contributed by atoms with Gasteiger partial charge >= 0.3 is 5.97 Å². The monoisotopic (exact) mass is 237 g/mol. The number of carboxylic acids is 1. The van der Waals surface area contributed by atoms with Crippen LogP contribution in [0.3, 0.4) is 0 Å². The van der Waals surface area contributed by atoms with Crippen molar-refractivity contribution in [2.24, 2.45) is 0 Å². The largest absolute Gasteiger partial charge is 0.494 e. The van der Waals surface area contributed by atoms with E-state index in [0.29, 0.717) is 0 Å². The number of aromatic carboxylic acids is 1. The zero-order valence-electron chi connectivity index (χ0n) is 8.79. The normalized spacial score (nSPS) is 10.2. The zero-order valence-corrected chi connectivity index (χ0v) is 8.79. The molecular weight excluding hydrogens is 229 g/mol. The zero-order chi connectivity index (χ0) is 12.4. The Hall–Kier alpha value is -2.44. The van der Waals surface area contributed by atoms with Gasteiger partial charge in [0.2, 0.25) is 0 Å². The van der Waals surface area contributed by atoms with Gasteiger partial charge in [-0.3, -0.25) is 0 Å². The van der Waals surface area contributed by atoms with Crippen LogP contribution < -0.4 is 4.74 Å². The molecule has 6 nitrogen and oxygen atoms in total. The number of benzene rings is 1. The summed E-state index contributed by atoms with van der Waals surface area (Å²) < 4.78 is 18.5. The van der Waals surface area contributed by atoms with Crippen LogP contribution in [0.25, 0.3) is 5.69 Å². The average molecular weight is 237 g/mol. The van der Waals surface area contributed by atoms with Crippen molar-refractivity contribution in [3.8, 4) is 11.4 Å². The Labute approximate surface area is 95.2 Å². The van der Waals surface area contributed by atoms with Crippen molar-refractivity contribution < 1.29 is 19.0 Å². The van der Waals surface area contributed by atoms with Gasteiger partial charge in [-0.1, -0.05) is 0 Å². The SMILES string of the molecule is COc1ccc(-n2nccn2)c(C(=O)O)c1F. The third-order valence-corrected chi connectivity index (χ3v) is 2.15. The molecule has 0 radical (unpaired) electrons. The minimum atomic E-state index is -1.41. The first-order valence-corrected chi connectivity index (χ1v) is 4.61. The molecule has 0 fully saturated rings. The van der Waals surface area contributed by atoms with E-state index in [0.717, 1.165) is 4.80 Å². The van der Waals surface area contributed by atoms with Crippen molar-refractivity contribution in [3.05, 3.63) is 35.9 Å². The molecule has 0 aliphatic rings. The third-order valence-electron chi connectivity index (χ3n) is 2.15. The molecule has 0 amide bonds. The Morgan fingerprint density at radius 1 is 1.41 bits per heavy atom. The number of hydrogen-bond donors (Lipinski definition) is 1. The van der Waals surface area contributed by atoms with E-state index in [9.17, 15) is 9.18 Å². The Morgan fingerprint density at radius 2 is 2.06 bits per heavy atom. The number of methoxy groups -OCH3 is 1. The predicted octanol–water partition coefficient (Wildman–Crippen LogP) is 1.11. The molecule has 1 heterocycles. The van der Waals surface area contributed by atoms with E-state index in [2.05, 4.69) is 10.2 Å². The number of hydrogen-bond acceptors (Lipinski definition) is 4. The Kier molecular flexibility index (Phi) is 2.73. The second-order valence-corrected chi connectivity index (χ2v) is 3.10. The fourth-order valence-electron chi connectivity index (χ4n) is 1.41. The molecule has 0 atom stereocenters.